The Morgan fingerprint density at radius 1 is 1.25 bits per heavy atom. The quantitative estimate of drug-likeness (QED) is 0.819. The minimum atomic E-state index is 0.951. The number of aromatic nitrogens is 1. The van der Waals surface area contributed by atoms with E-state index >= 15 is 0 Å². The zero-order chi connectivity index (χ0) is 11.4. The Morgan fingerprint density at radius 3 is 2.69 bits per heavy atom. The molecule has 1 saturated heterocycles. The number of hydrogen-bond acceptors (Lipinski definition) is 4. The molecule has 0 aromatic carbocycles. The van der Waals surface area contributed by atoms with E-state index in [2.05, 4.69) is 39.3 Å². The average Bonchev–Trinajstić information content (AvgIpc) is 2.32. The first-order valence-corrected chi connectivity index (χ1v) is 5.82. The molecule has 0 bridgehead atoms. The summed E-state index contributed by atoms with van der Waals surface area (Å²) in [6.07, 6.45) is 0. The number of pyridine rings is 1. The summed E-state index contributed by atoms with van der Waals surface area (Å²) in [4.78, 5) is 9.37. The van der Waals surface area contributed by atoms with Crippen LogP contribution in [0.2, 0.25) is 0 Å². The topological polar surface area (TPSA) is 31.4 Å². The van der Waals surface area contributed by atoms with Crippen molar-refractivity contribution in [2.24, 2.45) is 0 Å². The molecule has 4 heteroatoms. The highest BCUT2D eigenvalue weighted by molar-refractivity contribution is 5.34. The molecule has 1 fully saturated rings. The van der Waals surface area contributed by atoms with E-state index in [0.717, 1.165) is 44.2 Å². The van der Waals surface area contributed by atoms with Crippen molar-refractivity contribution >= 4 is 5.82 Å². The minimum Gasteiger partial charge on any atom is -0.373 e. The third-order valence-corrected chi connectivity index (χ3v) is 3.04. The van der Waals surface area contributed by atoms with E-state index in [0.29, 0.717) is 0 Å². The predicted octanol–water partition coefficient (Wildman–Crippen LogP) is 0.871. The molecule has 0 unspecified atom stereocenters. The van der Waals surface area contributed by atoms with Crippen LogP contribution in [-0.2, 0) is 6.54 Å². The van der Waals surface area contributed by atoms with Gasteiger partial charge < -0.3 is 10.2 Å². The molecule has 0 aliphatic carbocycles. The lowest BCUT2D eigenvalue weighted by Crippen LogP contribution is -2.44. The maximum atomic E-state index is 4.54. The number of nitrogens with one attached hydrogen (secondary N) is 1. The zero-order valence-electron chi connectivity index (χ0n) is 10.1. The van der Waals surface area contributed by atoms with Crippen LogP contribution in [0.25, 0.3) is 0 Å². The molecule has 1 aromatic rings. The molecule has 0 atom stereocenters. The van der Waals surface area contributed by atoms with Gasteiger partial charge in [0.2, 0.25) is 0 Å². The summed E-state index contributed by atoms with van der Waals surface area (Å²) in [7, 11) is 4.08. The molecule has 1 N–H and O–H groups in total. The fraction of sp³-hybridized carbons (Fsp3) is 0.583. The second kappa shape index (κ2) is 5.27. The first kappa shape index (κ1) is 11.4. The Hall–Kier alpha value is -1.13. The Bertz CT molecular complexity index is 332. The van der Waals surface area contributed by atoms with E-state index in [-0.39, 0.29) is 0 Å². The number of anilines is 1. The Morgan fingerprint density at radius 2 is 2.00 bits per heavy atom. The summed E-state index contributed by atoms with van der Waals surface area (Å²) in [5.41, 5.74) is 1.15. The third kappa shape index (κ3) is 2.93. The largest absolute Gasteiger partial charge is 0.373 e. The van der Waals surface area contributed by atoms with Gasteiger partial charge >= 0.3 is 0 Å². The van der Waals surface area contributed by atoms with Crippen molar-refractivity contribution in [3.05, 3.63) is 23.9 Å². The van der Waals surface area contributed by atoms with Gasteiger partial charge in [0.15, 0.2) is 0 Å². The SMILES string of the molecule is CNc1cccc(CN2CCN(C)CC2)n1. The van der Waals surface area contributed by atoms with Crippen LogP contribution in [0.3, 0.4) is 0 Å². The van der Waals surface area contributed by atoms with Gasteiger partial charge in [-0.3, -0.25) is 4.90 Å². The van der Waals surface area contributed by atoms with E-state index in [9.17, 15) is 0 Å². The van der Waals surface area contributed by atoms with Gasteiger partial charge in [0.1, 0.15) is 5.82 Å². The molecule has 0 radical (unpaired) electrons. The smallest absolute Gasteiger partial charge is 0.126 e. The highest BCUT2D eigenvalue weighted by Gasteiger charge is 2.14. The molecule has 4 nitrogen and oxygen atoms in total. The van der Waals surface area contributed by atoms with Crippen molar-refractivity contribution < 1.29 is 0 Å². The monoisotopic (exact) mass is 220 g/mol. The molecule has 1 aliphatic rings. The van der Waals surface area contributed by atoms with Gasteiger partial charge in [-0.05, 0) is 19.2 Å². The number of likely N-dealkylation sites (N-methyl/N-ethyl adjacent to an activating group) is 1. The Labute approximate surface area is 97.3 Å². The van der Waals surface area contributed by atoms with E-state index in [1.54, 1.807) is 0 Å². The van der Waals surface area contributed by atoms with E-state index < -0.39 is 0 Å². The van der Waals surface area contributed by atoms with Crippen LogP contribution in [0, 0.1) is 0 Å². The molecule has 1 aliphatic heterocycles. The van der Waals surface area contributed by atoms with Gasteiger partial charge in [0.05, 0.1) is 5.69 Å². The van der Waals surface area contributed by atoms with Gasteiger partial charge in [-0.25, -0.2) is 4.98 Å². The molecule has 2 rings (SSSR count). The lowest BCUT2D eigenvalue weighted by atomic mass is 10.3. The molecule has 2 heterocycles. The van der Waals surface area contributed by atoms with Crippen molar-refractivity contribution in [3.8, 4) is 0 Å². The normalized spacial score (nSPS) is 18.6. The minimum absolute atomic E-state index is 0.951. The fourth-order valence-corrected chi connectivity index (χ4v) is 1.94. The van der Waals surface area contributed by atoms with Crippen molar-refractivity contribution in [1.82, 2.24) is 14.8 Å². The molecule has 16 heavy (non-hydrogen) atoms. The van der Waals surface area contributed by atoms with Gasteiger partial charge in [0.25, 0.3) is 0 Å². The van der Waals surface area contributed by atoms with E-state index in [4.69, 9.17) is 0 Å². The van der Waals surface area contributed by atoms with Crippen molar-refractivity contribution in [3.63, 3.8) is 0 Å². The summed E-state index contributed by atoms with van der Waals surface area (Å²) in [5.74, 6) is 0.951. The standard InChI is InChI=1S/C12H20N4/c1-13-12-5-3-4-11(14-12)10-16-8-6-15(2)7-9-16/h3-5H,6-10H2,1-2H3,(H,13,14). The first-order chi connectivity index (χ1) is 7.78. The highest BCUT2D eigenvalue weighted by atomic mass is 15.2. The van der Waals surface area contributed by atoms with E-state index in [1.165, 1.54) is 0 Å². The average molecular weight is 220 g/mol. The number of nitrogens with zero attached hydrogens (tertiary/aromatic N) is 3. The van der Waals surface area contributed by atoms with Gasteiger partial charge in [-0.15, -0.1) is 0 Å². The second-order valence-corrected chi connectivity index (χ2v) is 4.34. The van der Waals surface area contributed by atoms with Crippen LogP contribution in [0.15, 0.2) is 18.2 Å². The van der Waals surface area contributed by atoms with Gasteiger partial charge in [0, 0.05) is 39.8 Å². The molecule has 0 saturated carbocycles. The van der Waals surface area contributed by atoms with Crippen molar-refractivity contribution in [2.75, 3.05) is 45.6 Å². The summed E-state index contributed by atoms with van der Waals surface area (Å²) < 4.78 is 0. The fourth-order valence-electron chi connectivity index (χ4n) is 1.94. The second-order valence-electron chi connectivity index (χ2n) is 4.34. The maximum Gasteiger partial charge on any atom is 0.126 e. The summed E-state index contributed by atoms with van der Waals surface area (Å²) in [5, 5.41) is 3.07. The Kier molecular flexibility index (Phi) is 3.74. The van der Waals surface area contributed by atoms with Crippen molar-refractivity contribution in [2.45, 2.75) is 6.54 Å². The lowest BCUT2D eigenvalue weighted by molar-refractivity contribution is 0.147. The van der Waals surface area contributed by atoms with Crippen LogP contribution in [0.1, 0.15) is 5.69 Å². The van der Waals surface area contributed by atoms with Crippen LogP contribution >= 0.6 is 0 Å². The maximum absolute atomic E-state index is 4.54. The van der Waals surface area contributed by atoms with Crippen molar-refractivity contribution in [1.29, 1.82) is 0 Å². The third-order valence-electron chi connectivity index (χ3n) is 3.04. The number of piperazine rings is 1. The summed E-state index contributed by atoms with van der Waals surface area (Å²) in [6, 6.07) is 6.15. The predicted molar refractivity (Wildman–Crippen MR) is 66.6 cm³/mol. The Balaban J connectivity index is 1.93. The summed E-state index contributed by atoms with van der Waals surface area (Å²) in [6.45, 7) is 5.56. The zero-order valence-corrected chi connectivity index (χ0v) is 10.1. The molecule has 88 valence electrons. The molecular weight excluding hydrogens is 200 g/mol. The highest BCUT2D eigenvalue weighted by Crippen LogP contribution is 2.08. The van der Waals surface area contributed by atoms with Gasteiger partial charge in [-0.2, -0.15) is 0 Å². The number of rotatable bonds is 3. The number of hydrogen-bond donors (Lipinski definition) is 1. The first-order valence-electron chi connectivity index (χ1n) is 5.82. The van der Waals surface area contributed by atoms with Crippen LogP contribution in [-0.4, -0.2) is 55.1 Å². The van der Waals surface area contributed by atoms with Crippen LogP contribution in [0.4, 0.5) is 5.82 Å². The van der Waals surface area contributed by atoms with Crippen LogP contribution < -0.4 is 5.32 Å². The molecule has 1 aromatic heterocycles. The molecule has 0 amide bonds. The van der Waals surface area contributed by atoms with Gasteiger partial charge in [-0.1, -0.05) is 6.07 Å². The lowest BCUT2D eigenvalue weighted by Gasteiger charge is -2.32. The molecule has 0 spiro atoms. The molecular formula is C12H20N4. The van der Waals surface area contributed by atoms with E-state index in [1.807, 2.05) is 13.1 Å². The summed E-state index contributed by atoms with van der Waals surface area (Å²) >= 11 is 0. The van der Waals surface area contributed by atoms with Crippen LogP contribution in [0.5, 0.6) is 0 Å².